The van der Waals surface area contributed by atoms with Crippen LogP contribution >= 0.6 is 0 Å². The van der Waals surface area contributed by atoms with Crippen LogP contribution in [0.3, 0.4) is 0 Å². The highest BCUT2D eigenvalue weighted by atomic mass is 19.1. The predicted octanol–water partition coefficient (Wildman–Crippen LogP) is 1.34. The van der Waals surface area contributed by atoms with E-state index < -0.39 is 29.4 Å². The van der Waals surface area contributed by atoms with Crippen molar-refractivity contribution < 1.29 is 23.5 Å². The lowest BCUT2D eigenvalue weighted by molar-refractivity contribution is -0.140. The van der Waals surface area contributed by atoms with Gasteiger partial charge in [-0.2, -0.15) is 0 Å². The molecule has 1 aliphatic rings. The number of benzene rings is 1. The number of nitrogens with one attached hydrogen (secondary N) is 1. The van der Waals surface area contributed by atoms with Crippen LogP contribution in [-0.2, 0) is 16.0 Å². The Kier molecular flexibility index (Phi) is 3.78. The third-order valence-corrected chi connectivity index (χ3v) is 3.18. The number of hydrogen-bond donors (Lipinski definition) is 2. The molecule has 0 saturated heterocycles. The van der Waals surface area contributed by atoms with E-state index >= 15 is 0 Å². The molecular formula is C13H13F2NO3. The van der Waals surface area contributed by atoms with Gasteiger partial charge >= 0.3 is 5.97 Å². The normalized spacial score (nSPS) is 20.9. The smallest absolute Gasteiger partial charge is 0.307 e. The highest BCUT2D eigenvalue weighted by molar-refractivity contribution is 5.89. The van der Waals surface area contributed by atoms with Crippen LogP contribution in [0.2, 0.25) is 0 Å². The zero-order chi connectivity index (χ0) is 14.0. The van der Waals surface area contributed by atoms with E-state index in [0.29, 0.717) is 6.42 Å². The van der Waals surface area contributed by atoms with Crippen LogP contribution < -0.4 is 5.32 Å². The van der Waals surface area contributed by atoms with Crippen molar-refractivity contribution in [2.45, 2.75) is 12.8 Å². The lowest BCUT2D eigenvalue weighted by atomic mass is 10.1. The van der Waals surface area contributed by atoms with Crippen molar-refractivity contribution in [2.75, 3.05) is 6.54 Å². The first-order chi connectivity index (χ1) is 9.00. The monoisotopic (exact) mass is 269 g/mol. The second-order valence-electron chi connectivity index (χ2n) is 4.53. The van der Waals surface area contributed by atoms with E-state index in [2.05, 4.69) is 5.32 Å². The Morgan fingerprint density at radius 3 is 2.42 bits per heavy atom. The quantitative estimate of drug-likeness (QED) is 0.847. The molecule has 1 aliphatic carbocycles. The number of halogens is 2. The molecule has 1 aromatic rings. The summed E-state index contributed by atoms with van der Waals surface area (Å²) < 4.78 is 26.6. The highest BCUT2D eigenvalue weighted by Crippen LogP contribution is 2.38. The van der Waals surface area contributed by atoms with Crippen molar-refractivity contribution in [2.24, 2.45) is 11.8 Å². The topological polar surface area (TPSA) is 66.4 Å². The minimum Gasteiger partial charge on any atom is -0.481 e. The molecule has 1 fully saturated rings. The molecule has 1 amide bonds. The molecule has 2 N–H and O–H groups in total. The minimum atomic E-state index is -0.986. The third-order valence-electron chi connectivity index (χ3n) is 3.18. The standard InChI is InChI=1S/C13H13F2NO3/c14-10-2-1-3-11(15)7(10)4-5-16-12(17)8-6-9(8)13(18)19/h1-3,8-9H,4-6H2,(H,16,17)(H,18,19)/t8-,9-/m1/s1. The number of carbonyl (C=O) groups is 2. The average Bonchev–Trinajstić information content (AvgIpc) is 3.13. The van der Waals surface area contributed by atoms with Crippen LogP contribution in [0.25, 0.3) is 0 Å². The Bertz CT molecular complexity index is 498. The van der Waals surface area contributed by atoms with Gasteiger partial charge in [0, 0.05) is 12.1 Å². The molecule has 0 aliphatic heterocycles. The number of aliphatic carboxylic acids is 1. The molecular weight excluding hydrogens is 256 g/mol. The van der Waals surface area contributed by atoms with Gasteiger partial charge in [0.05, 0.1) is 11.8 Å². The summed E-state index contributed by atoms with van der Waals surface area (Å²) in [4.78, 5) is 22.1. The summed E-state index contributed by atoms with van der Waals surface area (Å²) in [6, 6.07) is 3.58. The zero-order valence-electron chi connectivity index (χ0n) is 10.0. The van der Waals surface area contributed by atoms with Crippen molar-refractivity contribution in [1.29, 1.82) is 0 Å². The average molecular weight is 269 g/mol. The van der Waals surface area contributed by atoms with Crippen molar-refractivity contribution in [3.63, 3.8) is 0 Å². The van der Waals surface area contributed by atoms with E-state index in [4.69, 9.17) is 5.11 Å². The van der Waals surface area contributed by atoms with Gasteiger partial charge in [-0.15, -0.1) is 0 Å². The fraction of sp³-hybridized carbons (Fsp3) is 0.385. The van der Waals surface area contributed by atoms with Gasteiger partial charge in [0.15, 0.2) is 0 Å². The fourth-order valence-corrected chi connectivity index (χ4v) is 1.97. The Labute approximate surface area is 108 Å². The van der Waals surface area contributed by atoms with Crippen LogP contribution in [0.15, 0.2) is 18.2 Å². The second-order valence-corrected chi connectivity index (χ2v) is 4.53. The van der Waals surface area contributed by atoms with Gasteiger partial charge in [-0.3, -0.25) is 9.59 Å². The first kappa shape index (κ1) is 13.5. The minimum absolute atomic E-state index is 0.0364. The number of hydrogen-bond acceptors (Lipinski definition) is 2. The lowest BCUT2D eigenvalue weighted by Crippen LogP contribution is -2.28. The molecule has 4 nitrogen and oxygen atoms in total. The molecule has 6 heteroatoms. The van der Waals surface area contributed by atoms with E-state index in [1.54, 1.807) is 0 Å². The molecule has 1 saturated carbocycles. The maximum atomic E-state index is 13.3. The van der Waals surface area contributed by atoms with Gasteiger partial charge in [-0.05, 0) is 25.0 Å². The predicted molar refractivity (Wildman–Crippen MR) is 62.3 cm³/mol. The molecule has 2 atom stereocenters. The number of carbonyl (C=O) groups excluding carboxylic acids is 1. The number of carboxylic acids is 1. The lowest BCUT2D eigenvalue weighted by Gasteiger charge is -2.06. The Morgan fingerprint density at radius 1 is 1.26 bits per heavy atom. The molecule has 2 rings (SSSR count). The van der Waals surface area contributed by atoms with E-state index in [1.807, 2.05) is 0 Å². The van der Waals surface area contributed by atoms with E-state index in [0.717, 1.165) is 12.1 Å². The summed E-state index contributed by atoms with van der Waals surface area (Å²) >= 11 is 0. The van der Waals surface area contributed by atoms with Crippen LogP contribution in [0.5, 0.6) is 0 Å². The highest BCUT2D eigenvalue weighted by Gasteiger charge is 2.48. The number of carboxylic acid groups (broad SMARTS) is 1. The van der Waals surface area contributed by atoms with Crippen molar-refractivity contribution in [3.05, 3.63) is 35.4 Å². The van der Waals surface area contributed by atoms with Gasteiger partial charge in [-0.1, -0.05) is 6.07 Å². The van der Waals surface area contributed by atoms with Gasteiger partial charge in [0.2, 0.25) is 5.91 Å². The van der Waals surface area contributed by atoms with Crippen molar-refractivity contribution >= 4 is 11.9 Å². The van der Waals surface area contributed by atoms with Crippen LogP contribution in [0.4, 0.5) is 8.78 Å². The van der Waals surface area contributed by atoms with Crippen molar-refractivity contribution in [1.82, 2.24) is 5.32 Å². The maximum Gasteiger partial charge on any atom is 0.307 e. The van der Waals surface area contributed by atoms with Gasteiger partial charge < -0.3 is 10.4 Å². The molecule has 0 unspecified atom stereocenters. The molecule has 0 spiro atoms. The maximum absolute atomic E-state index is 13.3. The first-order valence-electron chi connectivity index (χ1n) is 5.94. The second kappa shape index (κ2) is 5.34. The molecule has 0 radical (unpaired) electrons. The molecule has 0 heterocycles. The molecule has 1 aromatic carbocycles. The molecule has 0 bridgehead atoms. The Morgan fingerprint density at radius 2 is 1.89 bits per heavy atom. The number of rotatable bonds is 5. The molecule has 19 heavy (non-hydrogen) atoms. The van der Waals surface area contributed by atoms with Gasteiger partial charge in [0.25, 0.3) is 0 Å². The SMILES string of the molecule is O=C(O)[C@@H]1C[C@H]1C(=O)NCCc1c(F)cccc1F. The number of amides is 1. The summed E-state index contributed by atoms with van der Waals surface area (Å²) in [5.74, 6) is -3.79. The van der Waals surface area contributed by atoms with Crippen LogP contribution in [-0.4, -0.2) is 23.5 Å². The zero-order valence-corrected chi connectivity index (χ0v) is 10.0. The van der Waals surface area contributed by atoms with E-state index in [1.165, 1.54) is 6.07 Å². The van der Waals surface area contributed by atoms with E-state index in [-0.39, 0.29) is 24.4 Å². The third kappa shape index (κ3) is 3.07. The van der Waals surface area contributed by atoms with Gasteiger partial charge in [-0.25, -0.2) is 8.78 Å². The largest absolute Gasteiger partial charge is 0.481 e. The molecule has 0 aromatic heterocycles. The van der Waals surface area contributed by atoms with Crippen LogP contribution in [0.1, 0.15) is 12.0 Å². The summed E-state index contributed by atoms with van der Waals surface area (Å²) in [5, 5.41) is 11.2. The summed E-state index contributed by atoms with van der Waals surface area (Å²) in [7, 11) is 0. The first-order valence-corrected chi connectivity index (χ1v) is 5.94. The van der Waals surface area contributed by atoms with Crippen LogP contribution in [0, 0.1) is 23.5 Å². The van der Waals surface area contributed by atoms with E-state index in [9.17, 15) is 18.4 Å². The summed E-state index contributed by atoms with van der Waals surface area (Å²) in [6.07, 6.45) is 0.365. The Hall–Kier alpha value is -1.98. The van der Waals surface area contributed by atoms with Crippen molar-refractivity contribution in [3.8, 4) is 0 Å². The molecule has 102 valence electrons. The van der Waals surface area contributed by atoms with Gasteiger partial charge in [0.1, 0.15) is 11.6 Å². The fourth-order valence-electron chi connectivity index (χ4n) is 1.97. The Balaban J connectivity index is 1.81. The summed E-state index contributed by atoms with van der Waals surface area (Å²) in [5.41, 5.74) is -0.0756. The summed E-state index contributed by atoms with van der Waals surface area (Å²) in [6.45, 7) is 0.0829.